The van der Waals surface area contributed by atoms with E-state index in [0.29, 0.717) is 30.6 Å². The number of rotatable bonds is 6. The summed E-state index contributed by atoms with van der Waals surface area (Å²) >= 11 is 0. The summed E-state index contributed by atoms with van der Waals surface area (Å²) in [5.74, 6) is 0.820. The largest absolute Gasteiger partial charge is 0.367 e. The minimum Gasteiger partial charge on any atom is -0.367 e. The van der Waals surface area contributed by atoms with E-state index in [1.54, 1.807) is 11.1 Å². The van der Waals surface area contributed by atoms with Gasteiger partial charge in [-0.05, 0) is 30.5 Å². The van der Waals surface area contributed by atoms with Gasteiger partial charge in [-0.15, -0.1) is 0 Å². The van der Waals surface area contributed by atoms with E-state index in [1.165, 1.54) is 0 Å². The summed E-state index contributed by atoms with van der Waals surface area (Å²) in [6.45, 7) is 1.11. The fourth-order valence-corrected chi connectivity index (χ4v) is 3.20. The van der Waals surface area contributed by atoms with Gasteiger partial charge < -0.3 is 14.2 Å². The van der Waals surface area contributed by atoms with Crippen LogP contribution in [0.4, 0.5) is 0 Å². The van der Waals surface area contributed by atoms with Gasteiger partial charge in [0.15, 0.2) is 0 Å². The van der Waals surface area contributed by atoms with Crippen molar-refractivity contribution in [2.24, 2.45) is 0 Å². The maximum Gasteiger partial charge on any atom is 0.249 e. The number of carbonyl (C=O) groups is 1. The van der Waals surface area contributed by atoms with Gasteiger partial charge in [-0.2, -0.15) is 4.98 Å². The molecular weight excluding hydrogens is 344 g/mol. The Morgan fingerprint density at radius 2 is 2.04 bits per heavy atom. The van der Waals surface area contributed by atoms with E-state index in [0.717, 1.165) is 18.4 Å². The zero-order valence-corrected chi connectivity index (χ0v) is 14.8. The monoisotopic (exact) mass is 364 g/mol. The smallest absolute Gasteiger partial charge is 0.249 e. The second kappa shape index (κ2) is 8.09. The molecule has 7 nitrogen and oxygen atoms in total. The average molecular weight is 364 g/mol. The van der Waals surface area contributed by atoms with E-state index < -0.39 is 0 Å². The summed E-state index contributed by atoms with van der Waals surface area (Å²) in [5, 5.41) is 4.01. The van der Waals surface area contributed by atoms with Crippen LogP contribution < -0.4 is 0 Å². The van der Waals surface area contributed by atoms with Gasteiger partial charge in [-0.3, -0.25) is 9.78 Å². The van der Waals surface area contributed by atoms with Crippen molar-refractivity contribution >= 4 is 5.91 Å². The summed E-state index contributed by atoms with van der Waals surface area (Å²) in [6, 6.07) is 15.1. The van der Waals surface area contributed by atoms with Crippen LogP contribution in [0.25, 0.3) is 11.5 Å². The molecule has 1 fully saturated rings. The second-order valence-electron chi connectivity index (χ2n) is 6.39. The number of hydrogen-bond donors (Lipinski definition) is 0. The predicted molar refractivity (Wildman–Crippen MR) is 97.3 cm³/mol. The molecule has 3 aromatic rings. The van der Waals surface area contributed by atoms with Crippen molar-refractivity contribution in [2.75, 3.05) is 13.2 Å². The first-order valence-electron chi connectivity index (χ1n) is 8.97. The lowest BCUT2D eigenvalue weighted by Crippen LogP contribution is -2.33. The van der Waals surface area contributed by atoms with Crippen molar-refractivity contribution in [3.63, 3.8) is 0 Å². The molecule has 0 radical (unpaired) electrons. The molecule has 0 N–H and O–H groups in total. The van der Waals surface area contributed by atoms with Crippen molar-refractivity contribution in [3.8, 4) is 11.5 Å². The van der Waals surface area contributed by atoms with Crippen molar-refractivity contribution in [1.82, 2.24) is 20.0 Å². The van der Waals surface area contributed by atoms with Crippen LogP contribution in [0.5, 0.6) is 0 Å². The Balaban J connectivity index is 1.38. The molecule has 1 amide bonds. The first-order valence-corrected chi connectivity index (χ1v) is 8.97. The minimum atomic E-state index is -0.206. The Bertz CT molecular complexity index is 883. The standard InChI is InChI=1S/C20H20N4O3/c25-18(14-26-13-15-7-2-1-3-8-15)24-12-6-10-17(24)20-22-19(23-27-20)16-9-4-5-11-21-16/h1-5,7-9,11,17H,6,10,12-14H2/t17-/m1/s1. The summed E-state index contributed by atoms with van der Waals surface area (Å²) in [5.41, 5.74) is 1.69. The fraction of sp³-hybridized carbons (Fsp3) is 0.300. The summed E-state index contributed by atoms with van der Waals surface area (Å²) < 4.78 is 11.0. The highest BCUT2D eigenvalue weighted by atomic mass is 16.5. The number of carbonyl (C=O) groups excluding carboxylic acids is 1. The molecular formula is C20H20N4O3. The summed E-state index contributed by atoms with van der Waals surface area (Å²) in [7, 11) is 0. The van der Waals surface area contributed by atoms with E-state index in [2.05, 4.69) is 15.1 Å². The molecule has 3 heterocycles. The Morgan fingerprint density at radius 1 is 1.19 bits per heavy atom. The topological polar surface area (TPSA) is 81.4 Å². The van der Waals surface area contributed by atoms with Crippen molar-refractivity contribution in [3.05, 3.63) is 66.2 Å². The number of likely N-dealkylation sites (tertiary alicyclic amines) is 1. The van der Waals surface area contributed by atoms with Crippen molar-refractivity contribution in [1.29, 1.82) is 0 Å². The molecule has 0 aliphatic carbocycles. The molecule has 4 rings (SSSR count). The Morgan fingerprint density at radius 3 is 2.85 bits per heavy atom. The van der Waals surface area contributed by atoms with Crippen LogP contribution in [0.15, 0.2) is 59.3 Å². The van der Waals surface area contributed by atoms with Crippen LogP contribution in [-0.2, 0) is 16.1 Å². The maximum absolute atomic E-state index is 12.6. The molecule has 7 heteroatoms. The highest BCUT2D eigenvalue weighted by Gasteiger charge is 2.34. The minimum absolute atomic E-state index is 0.0344. The van der Waals surface area contributed by atoms with Crippen molar-refractivity contribution < 1.29 is 14.1 Å². The van der Waals surface area contributed by atoms with Crippen LogP contribution in [0.2, 0.25) is 0 Å². The lowest BCUT2D eigenvalue weighted by molar-refractivity contribution is -0.138. The van der Waals surface area contributed by atoms with E-state index >= 15 is 0 Å². The summed E-state index contributed by atoms with van der Waals surface area (Å²) in [4.78, 5) is 23.0. The lowest BCUT2D eigenvalue weighted by Gasteiger charge is -2.21. The SMILES string of the molecule is O=C(COCc1ccccc1)N1CCC[C@@H]1c1nc(-c2ccccn2)no1. The molecule has 1 saturated heterocycles. The molecule has 0 unspecified atom stereocenters. The van der Waals surface area contributed by atoms with Crippen molar-refractivity contribution in [2.45, 2.75) is 25.5 Å². The molecule has 1 aromatic carbocycles. The fourth-order valence-electron chi connectivity index (χ4n) is 3.20. The highest BCUT2D eigenvalue weighted by Crippen LogP contribution is 2.31. The molecule has 0 saturated carbocycles. The molecule has 1 aliphatic heterocycles. The molecule has 138 valence electrons. The number of benzene rings is 1. The van der Waals surface area contributed by atoms with Gasteiger partial charge in [-0.25, -0.2) is 0 Å². The summed E-state index contributed by atoms with van der Waals surface area (Å²) in [6.07, 6.45) is 3.38. The predicted octanol–water partition coefficient (Wildman–Crippen LogP) is 3.01. The van der Waals surface area contributed by atoms with Gasteiger partial charge in [-0.1, -0.05) is 41.6 Å². The van der Waals surface area contributed by atoms with Gasteiger partial charge in [0.1, 0.15) is 18.3 Å². The first-order chi connectivity index (χ1) is 13.3. The second-order valence-corrected chi connectivity index (χ2v) is 6.39. The van der Waals surface area contributed by atoms with Gasteiger partial charge in [0.25, 0.3) is 0 Å². The highest BCUT2D eigenvalue weighted by molar-refractivity contribution is 5.78. The van der Waals surface area contributed by atoms with Crippen LogP contribution in [-0.4, -0.2) is 39.1 Å². The third kappa shape index (κ3) is 4.03. The number of hydrogen-bond acceptors (Lipinski definition) is 6. The molecule has 1 atom stereocenters. The Kier molecular flexibility index (Phi) is 5.20. The van der Waals surface area contributed by atoms with E-state index in [9.17, 15) is 4.79 Å². The zero-order chi connectivity index (χ0) is 18.5. The number of pyridine rings is 1. The number of aromatic nitrogens is 3. The average Bonchev–Trinajstić information content (AvgIpc) is 3.39. The number of amides is 1. The third-order valence-corrected chi connectivity index (χ3v) is 4.53. The van der Waals surface area contributed by atoms with E-state index in [1.807, 2.05) is 48.5 Å². The Labute approximate surface area is 157 Å². The zero-order valence-electron chi connectivity index (χ0n) is 14.8. The van der Waals surface area contributed by atoms with Gasteiger partial charge in [0.2, 0.25) is 17.6 Å². The van der Waals surface area contributed by atoms with Gasteiger partial charge in [0.05, 0.1) is 6.61 Å². The van der Waals surface area contributed by atoms with Gasteiger partial charge >= 0.3 is 0 Å². The van der Waals surface area contributed by atoms with E-state index in [-0.39, 0.29) is 18.6 Å². The molecule has 1 aliphatic rings. The van der Waals surface area contributed by atoms with Gasteiger partial charge in [0, 0.05) is 12.7 Å². The van der Waals surface area contributed by atoms with Crippen LogP contribution in [0.1, 0.15) is 30.3 Å². The van der Waals surface area contributed by atoms with Crippen LogP contribution in [0, 0.1) is 0 Å². The first kappa shape index (κ1) is 17.4. The van der Waals surface area contributed by atoms with E-state index in [4.69, 9.17) is 9.26 Å². The molecule has 2 aromatic heterocycles. The number of ether oxygens (including phenoxy) is 1. The lowest BCUT2D eigenvalue weighted by atomic mass is 10.2. The molecule has 27 heavy (non-hydrogen) atoms. The molecule has 0 bridgehead atoms. The van der Waals surface area contributed by atoms with Crippen LogP contribution in [0.3, 0.4) is 0 Å². The molecule has 0 spiro atoms. The number of nitrogens with zero attached hydrogens (tertiary/aromatic N) is 4. The quantitative estimate of drug-likeness (QED) is 0.669. The van der Waals surface area contributed by atoms with Crippen LogP contribution >= 0.6 is 0 Å². The Hall–Kier alpha value is -3.06. The third-order valence-electron chi connectivity index (χ3n) is 4.53. The normalized spacial score (nSPS) is 16.6. The maximum atomic E-state index is 12.6.